The van der Waals surface area contributed by atoms with Crippen LogP contribution in [0.5, 0.6) is 0 Å². The Bertz CT molecular complexity index is 120. The topological polar surface area (TPSA) is 3.24 Å². The minimum atomic E-state index is 0.831. The van der Waals surface area contributed by atoms with E-state index in [2.05, 4.69) is 25.7 Å². The second-order valence-corrected chi connectivity index (χ2v) is 4.45. The monoisotopic (exact) mass is 169 g/mol. The molecule has 1 heteroatoms. The molecule has 0 aliphatic carbocycles. The predicted octanol–water partition coefficient (Wildman–Crippen LogP) is 2.91. The summed E-state index contributed by atoms with van der Waals surface area (Å²) in [6, 6.07) is 0.890. The molecule has 1 aliphatic rings. The molecular weight excluding hydrogens is 146 g/mol. The van der Waals surface area contributed by atoms with Gasteiger partial charge < -0.3 is 4.90 Å². The van der Waals surface area contributed by atoms with Gasteiger partial charge >= 0.3 is 0 Å². The van der Waals surface area contributed by atoms with E-state index in [1.165, 1.54) is 38.8 Å². The van der Waals surface area contributed by atoms with Gasteiger partial charge in [0, 0.05) is 12.6 Å². The number of nitrogens with zero attached hydrogens (tertiary/aromatic N) is 1. The quantitative estimate of drug-likeness (QED) is 0.628. The highest BCUT2D eigenvalue weighted by atomic mass is 15.2. The Balaban J connectivity index is 2.36. The van der Waals surface area contributed by atoms with Gasteiger partial charge in [-0.1, -0.05) is 27.2 Å². The molecular formula is C11H23N. The molecule has 72 valence electrons. The van der Waals surface area contributed by atoms with Crippen molar-refractivity contribution in [3.63, 3.8) is 0 Å². The average Bonchev–Trinajstić information content (AvgIpc) is 2.04. The Kier molecular flexibility index (Phi) is 4.07. The third kappa shape index (κ3) is 2.78. The van der Waals surface area contributed by atoms with Crippen LogP contribution in [0.4, 0.5) is 0 Å². The first kappa shape index (κ1) is 10.0. The summed E-state index contributed by atoms with van der Waals surface area (Å²) in [7, 11) is 0. The van der Waals surface area contributed by atoms with Gasteiger partial charge in [0.05, 0.1) is 0 Å². The van der Waals surface area contributed by atoms with Gasteiger partial charge in [-0.3, -0.25) is 0 Å². The fraction of sp³-hybridized carbons (Fsp3) is 1.00. The lowest BCUT2D eigenvalue weighted by atomic mass is 9.99. The van der Waals surface area contributed by atoms with Gasteiger partial charge in [-0.15, -0.1) is 0 Å². The van der Waals surface area contributed by atoms with Crippen molar-refractivity contribution in [1.82, 2.24) is 4.90 Å². The summed E-state index contributed by atoms with van der Waals surface area (Å²) in [5.74, 6) is 0.831. The van der Waals surface area contributed by atoms with Crippen molar-refractivity contribution >= 4 is 0 Å². The minimum Gasteiger partial charge on any atom is -0.300 e. The maximum atomic E-state index is 2.69. The standard InChI is InChI=1S/C11H23N/c1-4-11-7-5-6-8-12(11)9-10(2)3/h10-11H,4-9H2,1-3H3. The second kappa shape index (κ2) is 4.86. The molecule has 1 aliphatic heterocycles. The lowest BCUT2D eigenvalue weighted by Crippen LogP contribution is -2.41. The molecule has 1 rings (SSSR count). The molecule has 0 aromatic rings. The minimum absolute atomic E-state index is 0.831. The maximum absolute atomic E-state index is 2.69. The van der Waals surface area contributed by atoms with E-state index in [0.29, 0.717) is 0 Å². The van der Waals surface area contributed by atoms with Crippen molar-refractivity contribution in [2.75, 3.05) is 13.1 Å². The molecule has 1 fully saturated rings. The van der Waals surface area contributed by atoms with Crippen molar-refractivity contribution in [3.8, 4) is 0 Å². The molecule has 0 radical (unpaired) electrons. The molecule has 1 nitrogen and oxygen atoms in total. The van der Waals surface area contributed by atoms with E-state index in [1.807, 2.05) is 0 Å². The van der Waals surface area contributed by atoms with Crippen LogP contribution in [0.25, 0.3) is 0 Å². The first-order valence-electron chi connectivity index (χ1n) is 5.48. The molecule has 1 unspecified atom stereocenters. The van der Waals surface area contributed by atoms with Crippen LogP contribution in [-0.2, 0) is 0 Å². The predicted molar refractivity (Wildman–Crippen MR) is 54.3 cm³/mol. The number of piperidine rings is 1. The Hall–Kier alpha value is -0.0400. The van der Waals surface area contributed by atoms with E-state index in [1.54, 1.807) is 0 Å². The molecule has 0 saturated carbocycles. The van der Waals surface area contributed by atoms with E-state index < -0.39 is 0 Å². The summed E-state index contributed by atoms with van der Waals surface area (Å²) in [4.78, 5) is 2.69. The van der Waals surface area contributed by atoms with Crippen molar-refractivity contribution < 1.29 is 0 Å². The highest BCUT2D eigenvalue weighted by molar-refractivity contribution is 4.76. The van der Waals surface area contributed by atoms with Crippen molar-refractivity contribution in [2.24, 2.45) is 5.92 Å². The molecule has 1 heterocycles. The molecule has 0 N–H and O–H groups in total. The van der Waals surface area contributed by atoms with E-state index >= 15 is 0 Å². The molecule has 1 atom stereocenters. The Labute approximate surface area is 77.1 Å². The molecule has 1 saturated heterocycles. The normalized spacial score (nSPS) is 26.5. The zero-order valence-corrected chi connectivity index (χ0v) is 8.84. The summed E-state index contributed by atoms with van der Waals surface area (Å²) in [5, 5.41) is 0. The zero-order chi connectivity index (χ0) is 8.97. The van der Waals surface area contributed by atoms with Crippen molar-refractivity contribution in [3.05, 3.63) is 0 Å². The van der Waals surface area contributed by atoms with Crippen LogP contribution in [0.15, 0.2) is 0 Å². The lowest BCUT2D eigenvalue weighted by Gasteiger charge is -2.36. The van der Waals surface area contributed by atoms with E-state index in [9.17, 15) is 0 Å². The van der Waals surface area contributed by atoms with Crippen LogP contribution in [0, 0.1) is 5.92 Å². The SMILES string of the molecule is CCC1CCCCN1CC(C)C. The second-order valence-electron chi connectivity index (χ2n) is 4.45. The van der Waals surface area contributed by atoms with Crippen molar-refractivity contribution in [1.29, 1.82) is 0 Å². The first-order valence-corrected chi connectivity index (χ1v) is 5.48. The van der Waals surface area contributed by atoms with Gasteiger partial charge in [0.2, 0.25) is 0 Å². The molecule has 12 heavy (non-hydrogen) atoms. The van der Waals surface area contributed by atoms with Gasteiger partial charge in [-0.05, 0) is 31.7 Å². The van der Waals surface area contributed by atoms with E-state index in [4.69, 9.17) is 0 Å². The van der Waals surface area contributed by atoms with Crippen LogP contribution in [0.3, 0.4) is 0 Å². The van der Waals surface area contributed by atoms with Gasteiger partial charge in [0.1, 0.15) is 0 Å². The van der Waals surface area contributed by atoms with Gasteiger partial charge in [-0.2, -0.15) is 0 Å². The fourth-order valence-electron chi connectivity index (χ4n) is 2.23. The van der Waals surface area contributed by atoms with Crippen molar-refractivity contribution in [2.45, 2.75) is 52.5 Å². The van der Waals surface area contributed by atoms with Crippen LogP contribution in [-0.4, -0.2) is 24.0 Å². The zero-order valence-electron chi connectivity index (χ0n) is 8.84. The summed E-state index contributed by atoms with van der Waals surface area (Å²) in [6.45, 7) is 9.61. The summed E-state index contributed by atoms with van der Waals surface area (Å²) in [6.07, 6.45) is 5.65. The lowest BCUT2D eigenvalue weighted by molar-refractivity contribution is 0.128. The highest BCUT2D eigenvalue weighted by Gasteiger charge is 2.20. The summed E-state index contributed by atoms with van der Waals surface area (Å²) in [5.41, 5.74) is 0. The first-order chi connectivity index (χ1) is 5.74. The summed E-state index contributed by atoms with van der Waals surface area (Å²) >= 11 is 0. The molecule has 0 spiro atoms. The number of likely N-dealkylation sites (tertiary alicyclic amines) is 1. The van der Waals surface area contributed by atoms with Crippen LogP contribution in [0.2, 0.25) is 0 Å². The molecule has 0 bridgehead atoms. The van der Waals surface area contributed by atoms with Gasteiger partial charge in [0.25, 0.3) is 0 Å². The van der Waals surface area contributed by atoms with E-state index in [-0.39, 0.29) is 0 Å². The van der Waals surface area contributed by atoms with Gasteiger partial charge in [0.15, 0.2) is 0 Å². The van der Waals surface area contributed by atoms with Crippen LogP contribution < -0.4 is 0 Å². The number of rotatable bonds is 3. The third-order valence-electron chi connectivity index (χ3n) is 2.82. The number of hydrogen-bond acceptors (Lipinski definition) is 1. The average molecular weight is 169 g/mol. The smallest absolute Gasteiger partial charge is 0.00927 e. The Morgan fingerprint density at radius 2 is 2.08 bits per heavy atom. The molecule has 0 aromatic carbocycles. The Morgan fingerprint density at radius 1 is 1.33 bits per heavy atom. The summed E-state index contributed by atoms with van der Waals surface area (Å²) < 4.78 is 0. The fourth-order valence-corrected chi connectivity index (χ4v) is 2.23. The number of hydrogen-bond donors (Lipinski definition) is 0. The third-order valence-corrected chi connectivity index (χ3v) is 2.82. The largest absolute Gasteiger partial charge is 0.300 e. The molecule has 0 amide bonds. The maximum Gasteiger partial charge on any atom is 0.00927 e. The van der Waals surface area contributed by atoms with E-state index in [0.717, 1.165) is 12.0 Å². The molecule has 0 aromatic heterocycles. The van der Waals surface area contributed by atoms with Crippen LogP contribution >= 0.6 is 0 Å². The van der Waals surface area contributed by atoms with Gasteiger partial charge in [-0.25, -0.2) is 0 Å². The Morgan fingerprint density at radius 3 is 2.67 bits per heavy atom. The highest BCUT2D eigenvalue weighted by Crippen LogP contribution is 2.20. The van der Waals surface area contributed by atoms with Crippen LogP contribution in [0.1, 0.15) is 46.5 Å².